The Bertz CT molecular complexity index is 735. The third-order valence-corrected chi connectivity index (χ3v) is 5.89. The summed E-state index contributed by atoms with van der Waals surface area (Å²) in [5.74, 6) is 0.419. The lowest BCUT2D eigenvalue weighted by molar-refractivity contribution is -0.127. The van der Waals surface area contributed by atoms with Crippen molar-refractivity contribution < 1.29 is 4.79 Å². The maximum Gasteiger partial charge on any atom is 0.223 e. The van der Waals surface area contributed by atoms with Crippen molar-refractivity contribution >= 4 is 5.91 Å². The molecular weight excluding hydrogens is 320 g/mol. The van der Waals surface area contributed by atoms with Crippen LogP contribution in [0, 0.1) is 5.92 Å². The molecular formula is C23H28N2O. The van der Waals surface area contributed by atoms with Crippen LogP contribution in [0.3, 0.4) is 0 Å². The highest BCUT2D eigenvalue weighted by Crippen LogP contribution is 2.30. The molecule has 1 heterocycles. The van der Waals surface area contributed by atoms with E-state index >= 15 is 0 Å². The number of amides is 1. The van der Waals surface area contributed by atoms with E-state index in [0.29, 0.717) is 0 Å². The van der Waals surface area contributed by atoms with Crippen molar-refractivity contribution in [3.05, 3.63) is 71.3 Å². The van der Waals surface area contributed by atoms with E-state index in [-0.39, 0.29) is 17.9 Å². The number of likely N-dealkylation sites (tertiary alicyclic amines) is 1. The predicted octanol–water partition coefficient (Wildman–Crippen LogP) is 4.09. The summed E-state index contributed by atoms with van der Waals surface area (Å²) >= 11 is 0. The standard InChI is InChI=1S/C23H28N2O/c26-23(24-22-12-6-10-19-9-4-5-11-21(19)22)20-13-15-25(16-14-20)17-18-7-2-1-3-8-18/h1-5,7-9,11,20,22H,6,10,12-17H2,(H,24,26). The summed E-state index contributed by atoms with van der Waals surface area (Å²) in [4.78, 5) is 15.3. The lowest BCUT2D eigenvalue weighted by Crippen LogP contribution is -2.41. The third kappa shape index (κ3) is 3.99. The number of benzene rings is 2. The number of hydrogen-bond donors (Lipinski definition) is 1. The van der Waals surface area contributed by atoms with Gasteiger partial charge in [-0.3, -0.25) is 9.69 Å². The smallest absolute Gasteiger partial charge is 0.223 e. The van der Waals surface area contributed by atoms with Gasteiger partial charge in [-0.15, -0.1) is 0 Å². The largest absolute Gasteiger partial charge is 0.349 e. The summed E-state index contributed by atoms with van der Waals surface area (Å²) in [5, 5.41) is 3.35. The van der Waals surface area contributed by atoms with Gasteiger partial charge < -0.3 is 5.32 Å². The van der Waals surface area contributed by atoms with Crippen molar-refractivity contribution in [2.75, 3.05) is 13.1 Å². The SMILES string of the molecule is O=C(NC1CCCc2ccccc21)C1CCN(Cc2ccccc2)CC1. The van der Waals surface area contributed by atoms with Gasteiger partial charge in [0.15, 0.2) is 0 Å². The monoisotopic (exact) mass is 348 g/mol. The molecule has 0 bridgehead atoms. The molecule has 136 valence electrons. The van der Waals surface area contributed by atoms with Crippen LogP contribution >= 0.6 is 0 Å². The van der Waals surface area contributed by atoms with Gasteiger partial charge in [-0.1, -0.05) is 54.6 Å². The second-order valence-electron chi connectivity index (χ2n) is 7.69. The van der Waals surface area contributed by atoms with Crippen LogP contribution in [0.5, 0.6) is 0 Å². The zero-order chi connectivity index (χ0) is 17.8. The first-order valence-corrected chi connectivity index (χ1v) is 9.94. The van der Waals surface area contributed by atoms with Crippen molar-refractivity contribution in [3.8, 4) is 0 Å². The van der Waals surface area contributed by atoms with E-state index in [1.165, 1.54) is 16.7 Å². The van der Waals surface area contributed by atoms with Gasteiger partial charge in [-0.2, -0.15) is 0 Å². The fraction of sp³-hybridized carbons (Fsp3) is 0.435. The molecule has 2 aromatic carbocycles. The summed E-state index contributed by atoms with van der Waals surface area (Å²) in [5.41, 5.74) is 4.09. The Kier molecular flexibility index (Phi) is 5.35. The van der Waals surface area contributed by atoms with E-state index in [2.05, 4.69) is 64.8 Å². The van der Waals surface area contributed by atoms with Crippen molar-refractivity contribution in [2.24, 2.45) is 5.92 Å². The maximum atomic E-state index is 12.8. The molecule has 1 fully saturated rings. The number of nitrogens with zero attached hydrogens (tertiary/aromatic N) is 1. The van der Waals surface area contributed by atoms with Crippen LogP contribution in [-0.2, 0) is 17.8 Å². The molecule has 3 heteroatoms. The summed E-state index contributed by atoms with van der Waals surface area (Å²) in [7, 11) is 0. The highest BCUT2D eigenvalue weighted by Gasteiger charge is 2.28. The molecule has 0 spiro atoms. The van der Waals surface area contributed by atoms with E-state index < -0.39 is 0 Å². The van der Waals surface area contributed by atoms with Crippen LogP contribution in [-0.4, -0.2) is 23.9 Å². The molecule has 2 aromatic rings. The highest BCUT2D eigenvalue weighted by atomic mass is 16.1. The summed E-state index contributed by atoms with van der Waals surface area (Å²) in [6.07, 6.45) is 5.30. The minimum atomic E-state index is 0.163. The summed E-state index contributed by atoms with van der Waals surface area (Å²) < 4.78 is 0. The number of nitrogens with one attached hydrogen (secondary N) is 1. The molecule has 0 radical (unpaired) electrons. The molecule has 1 amide bonds. The van der Waals surface area contributed by atoms with Crippen molar-refractivity contribution in [3.63, 3.8) is 0 Å². The van der Waals surface area contributed by atoms with Gasteiger partial charge in [0.05, 0.1) is 6.04 Å². The van der Waals surface area contributed by atoms with E-state index in [1.807, 2.05) is 0 Å². The first-order chi connectivity index (χ1) is 12.8. The number of carbonyl (C=O) groups is 1. The Morgan fingerprint density at radius 1 is 0.962 bits per heavy atom. The maximum absolute atomic E-state index is 12.8. The quantitative estimate of drug-likeness (QED) is 0.902. The normalized spacial score (nSPS) is 21.2. The molecule has 26 heavy (non-hydrogen) atoms. The van der Waals surface area contributed by atoms with E-state index in [9.17, 15) is 4.79 Å². The zero-order valence-electron chi connectivity index (χ0n) is 15.4. The number of fused-ring (bicyclic) bond motifs is 1. The average molecular weight is 348 g/mol. The third-order valence-electron chi connectivity index (χ3n) is 5.89. The molecule has 1 aliphatic carbocycles. The van der Waals surface area contributed by atoms with Crippen LogP contribution in [0.4, 0.5) is 0 Å². The molecule has 3 nitrogen and oxygen atoms in total. The Balaban J connectivity index is 1.30. The fourth-order valence-electron chi connectivity index (χ4n) is 4.39. The van der Waals surface area contributed by atoms with Crippen LogP contribution in [0.1, 0.15) is 48.4 Å². The predicted molar refractivity (Wildman–Crippen MR) is 105 cm³/mol. The molecule has 0 saturated carbocycles. The van der Waals surface area contributed by atoms with Crippen molar-refractivity contribution in [1.29, 1.82) is 0 Å². The second-order valence-corrected chi connectivity index (χ2v) is 7.69. The number of rotatable bonds is 4. The fourth-order valence-corrected chi connectivity index (χ4v) is 4.39. The lowest BCUT2D eigenvalue weighted by atomic mass is 9.87. The molecule has 2 aliphatic rings. The Morgan fingerprint density at radius 2 is 1.69 bits per heavy atom. The van der Waals surface area contributed by atoms with E-state index in [1.54, 1.807) is 0 Å². The lowest BCUT2D eigenvalue weighted by Gasteiger charge is -2.33. The zero-order valence-corrected chi connectivity index (χ0v) is 15.4. The number of piperidine rings is 1. The van der Waals surface area contributed by atoms with Crippen LogP contribution in [0.15, 0.2) is 54.6 Å². The molecule has 1 atom stereocenters. The van der Waals surface area contributed by atoms with Crippen molar-refractivity contribution in [2.45, 2.75) is 44.7 Å². The Labute approximate surface area is 156 Å². The summed E-state index contributed by atoms with van der Waals surface area (Å²) in [6.45, 7) is 3.01. The molecule has 1 N–H and O–H groups in total. The van der Waals surface area contributed by atoms with E-state index in [0.717, 1.165) is 51.7 Å². The molecule has 1 aliphatic heterocycles. The first kappa shape index (κ1) is 17.3. The van der Waals surface area contributed by atoms with Gasteiger partial charge in [0.2, 0.25) is 5.91 Å². The van der Waals surface area contributed by atoms with Gasteiger partial charge in [-0.25, -0.2) is 0 Å². The van der Waals surface area contributed by atoms with Gasteiger partial charge in [-0.05, 0) is 61.9 Å². The Morgan fingerprint density at radius 3 is 2.50 bits per heavy atom. The minimum Gasteiger partial charge on any atom is -0.349 e. The highest BCUT2D eigenvalue weighted by molar-refractivity contribution is 5.79. The topological polar surface area (TPSA) is 32.3 Å². The van der Waals surface area contributed by atoms with Crippen LogP contribution in [0.25, 0.3) is 0 Å². The van der Waals surface area contributed by atoms with Crippen molar-refractivity contribution in [1.82, 2.24) is 10.2 Å². The minimum absolute atomic E-state index is 0.163. The molecule has 4 rings (SSSR count). The van der Waals surface area contributed by atoms with Gasteiger partial charge in [0, 0.05) is 12.5 Å². The van der Waals surface area contributed by atoms with Gasteiger partial charge in [0.25, 0.3) is 0 Å². The first-order valence-electron chi connectivity index (χ1n) is 9.94. The molecule has 0 aromatic heterocycles. The van der Waals surface area contributed by atoms with E-state index in [4.69, 9.17) is 0 Å². The number of carbonyl (C=O) groups excluding carboxylic acids is 1. The number of aryl methyl sites for hydroxylation is 1. The van der Waals surface area contributed by atoms with Gasteiger partial charge >= 0.3 is 0 Å². The molecule has 1 unspecified atom stereocenters. The average Bonchev–Trinajstić information content (AvgIpc) is 2.70. The second kappa shape index (κ2) is 8.05. The van der Waals surface area contributed by atoms with Crippen LogP contribution in [0.2, 0.25) is 0 Å². The summed E-state index contributed by atoms with van der Waals surface area (Å²) in [6, 6.07) is 19.4. The van der Waals surface area contributed by atoms with Gasteiger partial charge in [0.1, 0.15) is 0 Å². The molecule has 1 saturated heterocycles. The van der Waals surface area contributed by atoms with Crippen LogP contribution < -0.4 is 5.32 Å². The number of hydrogen-bond acceptors (Lipinski definition) is 2. The Hall–Kier alpha value is -2.13.